The van der Waals surface area contributed by atoms with E-state index in [0.717, 1.165) is 81.8 Å². The molecule has 7 heteroatoms. The minimum Gasteiger partial charge on any atom is -0.381 e. The molecule has 0 aliphatic carbocycles. The highest BCUT2D eigenvalue weighted by atomic mass is 16.5. The fourth-order valence-electron chi connectivity index (χ4n) is 5.12. The van der Waals surface area contributed by atoms with E-state index in [1.807, 2.05) is 10.9 Å². The van der Waals surface area contributed by atoms with Crippen molar-refractivity contribution in [2.75, 3.05) is 31.6 Å². The second kappa shape index (κ2) is 10.8. The molecule has 182 valence electrons. The Morgan fingerprint density at radius 1 is 1.09 bits per heavy atom. The van der Waals surface area contributed by atoms with Gasteiger partial charge in [-0.3, -0.25) is 4.90 Å². The van der Waals surface area contributed by atoms with Crippen LogP contribution in [0.5, 0.6) is 0 Å². The van der Waals surface area contributed by atoms with Crippen LogP contribution in [-0.2, 0) is 29.2 Å². The minimum atomic E-state index is 0.334. The van der Waals surface area contributed by atoms with Gasteiger partial charge in [0.1, 0.15) is 0 Å². The molecule has 0 radical (unpaired) electrons. The number of anilines is 1. The van der Waals surface area contributed by atoms with E-state index < -0.39 is 0 Å². The third kappa shape index (κ3) is 5.27. The molecule has 4 heterocycles. The van der Waals surface area contributed by atoms with E-state index in [0.29, 0.717) is 18.8 Å². The Labute approximate surface area is 202 Å². The molecule has 0 amide bonds. The molecule has 0 unspecified atom stereocenters. The van der Waals surface area contributed by atoms with Gasteiger partial charge in [0, 0.05) is 56.7 Å². The van der Waals surface area contributed by atoms with Gasteiger partial charge in [0.25, 0.3) is 0 Å². The quantitative estimate of drug-likeness (QED) is 0.529. The molecule has 0 spiro atoms. The first kappa shape index (κ1) is 23.3. The molecular formula is C27H37N5O2. The molecule has 2 aliphatic rings. The monoisotopic (exact) mass is 463 g/mol. The summed E-state index contributed by atoms with van der Waals surface area (Å²) >= 11 is 0. The van der Waals surface area contributed by atoms with Gasteiger partial charge in [-0.1, -0.05) is 30.3 Å². The third-order valence-electron chi connectivity index (χ3n) is 7.21. The lowest BCUT2D eigenvalue weighted by atomic mass is 10.0. The van der Waals surface area contributed by atoms with Crippen LogP contribution in [0.15, 0.2) is 36.5 Å². The van der Waals surface area contributed by atoms with Crippen LogP contribution in [0.3, 0.4) is 0 Å². The number of benzene rings is 1. The number of ether oxygens (including phenoxy) is 2. The first-order valence-electron chi connectivity index (χ1n) is 12.8. The highest BCUT2D eigenvalue weighted by molar-refractivity contribution is 5.91. The van der Waals surface area contributed by atoms with Crippen LogP contribution in [0, 0.1) is 6.92 Å². The fourth-order valence-corrected chi connectivity index (χ4v) is 5.12. The van der Waals surface area contributed by atoms with E-state index in [2.05, 4.69) is 59.5 Å². The lowest BCUT2D eigenvalue weighted by Gasteiger charge is -2.33. The largest absolute Gasteiger partial charge is 0.381 e. The lowest BCUT2D eigenvalue weighted by molar-refractivity contribution is -0.00394. The molecule has 0 saturated carbocycles. The van der Waals surface area contributed by atoms with E-state index in [4.69, 9.17) is 14.5 Å². The first-order valence-corrected chi connectivity index (χ1v) is 12.8. The highest BCUT2D eigenvalue weighted by Crippen LogP contribution is 2.32. The number of hydrogen-bond acceptors (Lipinski definition) is 6. The average Bonchev–Trinajstić information content (AvgIpc) is 3.29. The summed E-state index contributed by atoms with van der Waals surface area (Å²) in [4.78, 5) is 7.54. The summed E-state index contributed by atoms with van der Waals surface area (Å²) < 4.78 is 13.8. The molecule has 1 N–H and O–H groups in total. The van der Waals surface area contributed by atoms with Crippen molar-refractivity contribution in [1.29, 1.82) is 0 Å². The summed E-state index contributed by atoms with van der Waals surface area (Å²) in [5, 5.41) is 9.63. The Hall–Kier alpha value is -2.48. The van der Waals surface area contributed by atoms with E-state index in [1.165, 1.54) is 16.8 Å². The number of fused-ring (bicyclic) bond motifs is 1. The van der Waals surface area contributed by atoms with Gasteiger partial charge in [-0.05, 0) is 45.1 Å². The smallest absolute Gasteiger partial charge is 0.160 e. The van der Waals surface area contributed by atoms with Crippen LogP contribution in [-0.4, -0.2) is 58.1 Å². The van der Waals surface area contributed by atoms with Crippen molar-refractivity contribution < 1.29 is 9.47 Å². The fraction of sp³-hybridized carbons (Fsp3) is 0.556. The second-order valence-electron chi connectivity index (χ2n) is 9.55. The van der Waals surface area contributed by atoms with E-state index in [-0.39, 0.29) is 0 Å². The molecule has 34 heavy (non-hydrogen) atoms. The zero-order valence-corrected chi connectivity index (χ0v) is 20.5. The number of rotatable bonds is 8. The molecule has 1 aromatic carbocycles. The lowest BCUT2D eigenvalue weighted by Crippen LogP contribution is -2.37. The van der Waals surface area contributed by atoms with Gasteiger partial charge in [0.15, 0.2) is 5.65 Å². The number of likely N-dealkylation sites (tertiary alicyclic amines) is 1. The predicted octanol–water partition coefficient (Wildman–Crippen LogP) is 4.53. The molecule has 2 fully saturated rings. The summed E-state index contributed by atoms with van der Waals surface area (Å²) in [6, 6.07) is 10.9. The summed E-state index contributed by atoms with van der Waals surface area (Å²) in [5.41, 5.74) is 5.84. The second-order valence-corrected chi connectivity index (χ2v) is 9.55. The van der Waals surface area contributed by atoms with Crippen molar-refractivity contribution in [3.63, 3.8) is 0 Å². The summed E-state index contributed by atoms with van der Waals surface area (Å²) in [6.45, 7) is 10.4. The number of aromatic nitrogens is 3. The summed E-state index contributed by atoms with van der Waals surface area (Å²) in [5.74, 6) is 0. The van der Waals surface area contributed by atoms with Crippen molar-refractivity contribution in [2.45, 2.75) is 71.4 Å². The third-order valence-corrected chi connectivity index (χ3v) is 7.21. The van der Waals surface area contributed by atoms with Gasteiger partial charge in [-0.2, -0.15) is 5.10 Å². The Kier molecular flexibility index (Phi) is 7.42. The van der Waals surface area contributed by atoms with Crippen LogP contribution >= 0.6 is 0 Å². The van der Waals surface area contributed by atoms with Gasteiger partial charge in [0.05, 0.1) is 30.0 Å². The predicted molar refractivity (Wildman–Crippen MR) is 135 cm³/mol. The van der Waals surface area contributed by atoms with Crippen molar-refractivity contribution in [1.82, 2.24) is 19.7 Å². The standard InChI is InChI=1S/C27H37N5O2/c1-3-32-27-24(17-28-32)26(30-22-11-15-33-16-12-22)25(20(2)29-27)18-31-13-9-23(10-14-31)34-19-21-7-5-4-6-8-21/h4-8,17,22-23H,3,9-16,18-19H2,1-2H3,(H,29,30). The topological polar surface area (TPSA) is 64.4 Å². The maximum atomic E-state index is 6.21. The van der Waals surface area contributed by atoms with Crippen LogP contribution in [0.1, 0.15) is 49.4 Å². The molecule has 2 aliphatic heterocycles. The Balaban J connectivity index is 1.29. The number of nitrogens with one attached hydrogen (secondary N) is 1. The molecule has 7 nitrogen and oxygen atoms in total. The maximum Gasteiger partial charge on any atom is 0.160 e. The van der Waals surface area contributed by atoms with Crippen molar-refractivity contribution in [3.05, 3.63) is 53.3 Å². The van der Waals surface area contributed by atoms with Crippen LogP contribution in [0.25, 0.3) is 11.0 Å². The number of aryl methyl sites for hydroxylation is 2. The summed E-state index contributed by atoms with van der Waals surface area (Å²) in [6.07, 6.45) is 6.53. The number of piperidine rings is 1. The SMILES string of the molecule is CCn1ncc2c(NC3CCOCC3)c(CN3CCC(OCc4ccccc4)CC3)c(C)nc21. The molecule has 0 atom stereocenters. The van der Waals surface area contributed by atoms with Gasteiger partial charge in [-0.15, -0.1) is 0 Å². The Bertz CT molecular complexity index is 1070. The molecular weight excluding hydrogens is 426 g/mol. The van der Waals surface area contributed by atoms with E-state index in [9.17, 15) is 0 Å². The normalized spacial score (nSPS) is 18.5. The number of hydrogen-bond donors (Lipinski definition) is 1. The number of pyridine rings is 1. The average molecular weight is 464 g/mol. The maximum absolute atomic E-state index is 6.21. The zero-order chi connectivity index (χ0) is 23.3. The van der Waals surface area contributed by atoms with E-state index >= 15 is 0 Å². The summed E-state index contributed by atoms with van der Waals surface area (Å²) in [7, 11) is 0. The van der Waals surface area contributed by atoms with Crippen molar-refractivity contribution >= 4 is 16.7 Å². The minimum absolute atomic E-state index is 0.334. The van der Waals surface area contributed by atoms with Gasteiger partial charge in [0.2, 0.25) is 0 Å². The van der Waals surface area contributed by atoms with Gasteiger partial charge >= 0.3 is 0 Å². The molecule has 5 rings (SSSR count). The first-order chi connectivity index (χ1) is 16.7. The molecule has 0 bridgehead atoms. The van der Waals surface area contributed by atoms with Crippen LogP contribution in [0.2, 0.25) is 0 Å². The van der Waals surface area contributed by atoms with Crippen molar-refractivity contribution in [2.24, 2.45) is 0 Å². The van der Waals surface area contributed by atoms with Crippen molar-refractivity contribution in [3.8, 4) is 0 Å². The van der Waals surface area contributed by atoms with E-state index in [1.54, 1.807) is 0 Å². The van der Waals surface area contributed by atoms with Gasteiger partial charge < -0.3 is 14.8 Å². The zero-order valence-electron chi connectivity index (χ0n) is 20.5. The molecule has 2 saturated heterocycles. The van der Waals surface area contributed by atoms with Crippen LogP contribution in [0.4, 0.5) is 5.69 Å². The highest BCUT2D eigenvalue weighted by Gasteiger charge is 2.25. The van der Waals surface area contributed by atoms with Crippen LogP contribution < -0.4 is 5.32 Å². The Morgan fingerprint density at radius 2 is 1.85 bits per heavy atom. The molecule has 3 aromatic rings. The number of nitrogens with zero attached hydrogens (tertiary/aromatic N) is 4. The molecule has 2 aromatic heterocycles. The Morgan fingerprint density at radius 3 is 2.59 bits per heavy atom. The van der Waals surface area contributed by atoms with Gasteiger partial charge in [-0.25, -0.2) is 9.67 Å².